The van der Waals surface area contributed by atoms with Gasteiger partial charge in [-0.15, -0.1) is 0 Å². The van der Waals surface area contributed by atoms with Crippen LogP contribution in [0.2, 0.25) is 5.02 Å². The lowest BCUT2D eigenvalue weighted by Gasteiger charge is -2.37. The van der Waals surface area contributed by atoms with Gasteiger partial charge in [-0.25, -0.2) is 12.8 Å². The molecule has 5 rings (SSSR count). The third-order valence-corrected chi connectivity index (χ3v) is 8.64. The van der Waals surface area contributed by atoms with Crippen LogP contribution in [0.15, 0.2) is 65.6 Å². The van der Waals surface area contributed by atoms with E-state index >= 15 is 0 Å². The fraction of sp³-hybridized carbons (Fsp3) is 0.259. The monoisotopic (exact) mass is 554 g/mol. The topological polar surface area (TPSA) is 103 Å². The number of anilines is 2. The second-order valence-corrected chi connectivity index (χ2v) is 11.4. The first-order chi connectivity index (χ1) is 18.3. The minimum Gasteiger partial charge on any atom is -0.485 e. The number of nitrogens with one attached hydrogen (secondary N) is 1. The Labute approximate surface area is 225 Å². The first-order valence-corrected chi connectivity index (χ1v) is 13.9. The fourth-order valence-corrected chi connectivity index (χ4v) is 6.52. The Morgan fingerprint density at radius 2 is 1.89 bits per heavy atom. The molecule has 11 heteroatoms. The highest BCUT2D eigenvalue weighted by atomic mass is 35.5. The quantitative estimate of drug-likeness (QED) is 0.475. The summed E-state index contributed by atoms with van der Waals surface area (Å²) in [4.78, 5) is 15.0. The number of halogens is 2. The number of carbonyl (C=O) groups excluding carboxylic acids is 1. The van der Waals surface area contributed by atoms with Crippen molar-refractivity contribution < 1.29 is 22.3 Å². The summed E-state index contributed by atoms with van der Waals surface area (Å²) < 4.78 is 49.4. The van der Waals surface area contributed by atoms with Crippen molar-refractivity contribution in [1.29, 1.82) is 5.26 Å². The maximum Gasteiger partial charge on any atom is 0.264 e. The second kappa shape index (κ2) is 10.6. The average molecular weight is 555 g/mol. The number of nitrogens with zero attached hydrogens (tertiary/aromatic N) is 3. The summed E-state index contributed by atoms with van der Waals surface area (Å²) in [6.07, 6.45) is 1.75. The molecule has 1 fully saturated rings. The molecule has 0 spiro atoms. The molecular weight excluding hydrogens is 531 g/mol. The highest BCUT2D eigenvalue weighted by Gasteiger charge is 2.36. The minimum absolute atomic E-state index is 0.0306. The van der Waals surface area contributed by atoms with Crippen molar-refractivity contribution >= 4 is 38.9 Å². The van der Waals surface area contributed by atoms with E-state index in [1.54, 1.807) is 12.1 Å². The molecule has 1 atom stereocenters. The van der Waals surface area contributed by atoms with Crippen molar-refractivity contribution in [2.24, 2.45) is 0 Å². The Morgan fingerprint density at radius 1 is 1.13 bits per heavy atom. The molecule has 1 amide bonds. The van der Waals surface area contributed by atoms with Crippen molar-refractivity contribution in [3.05, 3.63) is 82.6 Å². The summed E-state index contributed by atoms with van der Waals surface area (Å²) >= 11 is 6.03. The Bertz CT molecular complexity index is 1520. The van der Waals surface area contributed by atoms with Crippen LogP contribution in [0.3, 0.4) is 0 Å². The van der Waals surface area contributed by atoms with Gasteiger partial charge in [0.1, 0.15) is 17.7 Å². The molecule has 0 bridgehead atoms. The van der Waals surface area contributed by atoms with Gasteiger partial charge in [0.15, 0.2) is 0 Å². The largest absolute Gasteiger partial charge is 0.485 e. The summed E-state index contributed by atoms with van der Waals surface area (Å²) in [6, 6.07) is 16.3. The highest BCUT2D eigenvalue weighted by molar-refractivity contribution is 7.92. The maximum absolute atomic E-state index is 14.3. The normalized spacial score (nSPS) is 17.4. The van der Waals surface area contributed by atoms with Crippen molar-refractivity contribution in [3.63, 3.8) is 0 Å². The van der Waals surface area contributed by atoms with E-state index in [4.69, 9.17) is 16.3 Å². The van der Waals surface area contributed by atoms with Gasteiger partial charge < -0.3 is 10.1 Å². The molecule has 0 saturated carbocycles. The summed E-state index contributed by atoms with van der Waals surface area (Å²) in [5, 5.41) is 11.8. The van der Waals surface area contributed by atoms with Gasteiger partial charge in [-0.2, -0.15) is 5.26 Å². The SMILES string of the molecule is N#Cc1cccc(S(=O)(=O)N2CC(CN3CCCC3)Oc3ccc(NC(=O)c4c(F)cccc4Cl)cc32)c1. The number of likely N-dealkylation sites (tertiary alicyclic amines) is 1. The van der Waals surface area contributed by atoms with E-state index < -0.39 is 27.9 Å². The van der Waals surface area contributed by atoms with Crippen molar-refractivity contribution in [2.45, 2.75) is 23.8 Å². The molecule has 1 saturated heterocycles. The Balaban J connectivity index is 1.51. The van der Waals surface area contributed by atoms with Gasteiger partial charge in [0.05, 0.1) is 39.3 Å². The maximum atomic E-state index is 14.3. The third-order valence-electron chi connectivity index (χ3n) is 6.55. The van der Waals surface area contributed by atoms with Crippen molar-refractivity contribution in [2.75, 3.05) is 35.8 Å². The molecular formula is C27H24ClFN4O4S. The van der Waals surface area contributed by atoms with E-state index in [1.807, 2.05) is 6.07 Å². The molecule has 2 aliphatic rings. The molecule has 2 heterocycles. The van der Waals surface area contributed by atoms with E-state index in [-0.39, 0.29) is 39.0 Å². The average Bonchev–Trinajstić information content (AvgIpc) is 3.41. The molecule has 196 valence electrons. The smallest absolute Gasteiger partial charge is 0.264 e. The van der Waals surface area contributed by atoms with E-state index in [0.29, 0.717) is 12.3 Å². The molecule has 3 aromatic carbocycles. The number of hydrogen-bond acceptors (Lipinski definition) is 6. The molecule has 0 aliphatic carbocycles. The van der Waals surface area contributed by atoms with Crippen LogP contribution in [0.25, 0.3) is 0 Å². The summed E-state index contributed by atoms with van der Waals surface area (Å²) in [7, 11) is -4.10. The van der Waals surface area contributed by atoms with Crippen LogP contribution in [-0.2, 0) is 10.0 Å². The highest BCUT2D eigenvalue weighted by Crippen LogP contribution is 2.39. The lowest BCUT2D eigenvalue weighted by atomic mass is 10.1. The van der Waals surface area contributed by atoms with Gasteiger partial charge in [0.25, 0.3) is 15.9 Å². The van der Waals surface area contributed by atoms with E-state index in [1.165, 1.54) is 46.8 Å². The number of hydrogen-bond donors (Lipinski definition) is 1. The van der Waals surface area contributed by atoms with Crippen LogP contribution in [0, 0.1) is 17.1 Å². The lowest BCUT2D eigenvalue weighted by Crippen LogP contribution is -2.48. The Kier molecular flexibility index (Phi) is 7.25. The first-order valence-electron chi connectivity index (χ1n) is 12.1. The fourth-order valence-electron chi connectivity index (χ4n) is 4.73. The first kappa shape index (κ1) is 26.0. The minimum atomic E-state index is -4.10. The second-order valence-electron chi connectivity index (χ2n) is 9.16. The van der Waals surface area contributed by atoms with Crippen LogP contribution in [0.5, 0.6) is 5.75 Å². The van der Waals surface area contributed by atoms with Crippen LogP contribution in [0.1, 0.15) is 28.8 Å². The predicted octanol–water partition coefficient (Wildman–Crippen LogP) is 4.66. The van der Waals surface area contributed by atoms with E-state index in [0.717, 1.165) is 32.0 Å². The number of sulfonamides is 1. The van der Waals surface area contributed by atoms with Crippen LogP contribution in [-0.4, -0.2) is 51.5 Å². The zero-order chi connectivity index (χ0) is 26.9. The molecule has 0 aromatic heterocycles. The lowest BCUT2D eigenvalue weighted by molar-refractivity contribution is 0.102. The zero-order valence-electron chi connectivity index (χ0n) is 20.2. The van der Waals surface area contributed by atoms with E-state index in [9.17, 15) is 22.9 Å². The Hall–Kier alpha value is -3.65. The Morgan fingerprint density at radius 3 is 2.63 bits per heavy atom. The number of rotatable bonds is 6. The van der Waals surface area contributed by atoms with Gasteiger partial charge in [0, 0.05) is 12.2 Å². The molecule has 2 aliphatic heterocycles. The molecule has 3 aromatic rings. The van der Waals surface area contributed by atoms with Gasteiger partial charge in [0.2, 0.25) is 0 Å². The summed E-state index contributed by atoms with van der Waals surface area (Å²) in [6.45, 7) is 2.45. The van der Waals surface area contributed by atoms with Gasteiger partial charge >= 0.3 is 0 Å². The third kappa shape index (κ3) is 5.18. The number of fused-ring (bicyclic) bond motifs is 1. The van der Waals surface area contributed by atoms with Gasteiger partial charge in [-0.1, -0.05) is 23.7 Å². The molecule has 0 radical (unpaired) electrons. The van der Waals surface area contributed by atoms with Crippen molar-refractivity contribution in [1.82, 2.24) is 4.90 Å². The molecule has 38 heavy (non-hydrogen) atoms. The zero-order valence-corrected chi connectivity index (χ0v) is 21.8. The predicted molar refractivity (Wildman–Crippen MR) is 142 cm³/mol. The number of carbonyl (C=O) groups is 1. The van der Waals surface area contributed by atoms with Crippen LogP contribution < -0.4 is 14.4 Å². The molecule has 1 unspecified atom stereocenters. The van der Waals surface area contributed by atoms with E-state index in [2.05, 4.69) is 10.2 Å². The number of ether oxygens (including phenoxy) is 1. The van der Waals surface area contributed by atoms with Crippen LogP contribution in [0.4, 0.5) is 15.8 Å². The van der Waals surface area contributed by atoms with Crippen LogP contribution >= 0.6 is 11.6 Å². The van der Waals surface area contributed by atoms with Crippen molar-refractivity contribution in [3.8, 4) is 11.8 Å². The number of benzene rings is 3. The van der Waals surface area contributed by atoms with Gasteiger partial charge in [-0.05, 0) is 74.5 Å². The number of amides is 1. The number of nitriles is 1. The molecule has 1 N–H and O–H groups in total. The summed E-state index contributed by atoms with van der Waals surface area (Å²) in [5.74, 6) is -1.21. The van der Waals surface area contributed by atoms with Gasteiger partial charge in [-0.3, -0.25) is 14.0 Å². The standard InChI is InChI=1S/C27H24ClFN4O4S/c28-22-7-4-8-23(29)26(22)27(34)31-19-9-10-25-24(14-19)33(17-20(37-25)16-32-11-1-2-12-32)38(35,36)21-6-3-5-18(13-21)15-30/h3-10,13-14,20H,1-2,11-12,16-17H2,(H,31,34). The molecule has 8 nitrogen and oxygen atoms in total. The summed E-state index contributed by atoms with van der Waals surface area (Å²) in [5.41, 5.74) is 0.366.